The molecule has 1 unspecified atom stereocenters. The molecule has 2 aliphatic heterocycles. The van der Waals surface area contributed by atoms with Crippen LogP contribution in [0.5, 0.6) is 0 Å². The fourth-order valence-corrected chi connectivity index (χ4v) is 1.11. The molecule has 0 aromatic carbocycles. The van der Waals surface area contributed by atoms with Gasteiger partial charge in [0.15, 0.2) is 11.5 Å². The van der Waals surface area contributed by atoms with Crippen LogP contribution in [0, 0.1) is 17.2 Å². The Kier molecular flexibility index (Phi) is 1.60. The molecule has 0 amide bonds. The zero-order chi connectivity index (χ0) is 8.39. The highest BCUT2D eigenvalue weighted by molar-refractivity contribution is 5.31. The highest BCUT2D eigenvalue weighted by atomic mass is 16.5. The van der Waals surface area contributed by atoms with Gasteiger partial charge >= 0.3 is 0 Å². The standard InChI is InChI=1S/C9H7NO2/c10-5-7-4-9-8(12-6-7)2-1-3-11-9/h1-4,7H,6H2. The highest BCUT2D eigenvalue weighted by Crippen LogP contribution is 2.24. The second kappa shape index (κ2) is 2.74. The Labute approximate surface area is 70.2 Å². The lowest BCUT2D eigenvalue weighted by Gasteiger charge is -2.21. The van der Waals surface area contributed by atoms with Gasteiger partial charge in [0.1, 0.15) is 12.5 Å². The number of allylic oxidation sites excluding steroid dienone is 2. The van der Waals surface area contributed by atoms with Crippen molar-refractivity contribution >= 4 is 0 Å². The highest BCUT2D eigenvalue weighted by Gasteiger charge is 2.20. The third kappa shape index (κ3) is 1.08. The van der Waals surface area contributed by atoms with Gasteiger partial charge in [0.2, 0.25) is 0 Å². The molecular weight excluding hydrogens is 154 g/mol. The van der Waals surface area contributed by atoms with Crippen LogP contribution >= 0.6 is 0 Å². The van der Waals surface area contributed by atoms with E-state index in [1.54, 1.807) is 18.4 Å². The van der Waals surface area contributed by atoms with Crippen molar-refractivity contribution in [2.45, 2.75) is 0 Å². The lowest BCUT2D eigenvalue weighted by molar-refractivity contribution is 0.155. The van der Waals surface area contributed by atoms with Crippen molar-refractivity contribution in [1.82, 2.24) is 0 Å². The molecule has 60 valence electrons. The maximum Gasteiger partial charge on any atom is 0.165 e. The Morgan fingerprint density at radius 1 is 1.50 bits per heavy atom. The summed E-state index contributed by atoms with van der Waals surface area (Å²) in [6, 6.07) is 2.10. The molecule has 0 saturated heterocycles. The zero-order valence-corrected chi connectivity index (χ0v) is 6.36. The molecule has 0 aromatic heterocycles. The second-order valence-corrected chi connectivity index (χ2v) is 2.55. The van der Waals surface area contributed by atoms with Crippen LogP contribution in [0.2, 0.25) is 0 Å². The number of ether oxygens (including phenoxy) is 2. The van der Waals surface area contributed by atoms with E-state index in [0.29, 0.717) is 18.1 Å². The van der Waals surface area contributed by atoms with E-state index in [2.05, 4.69) is 6.07 Å². The van der Waals surface area contributed by atoms with Crippen LogP contribution in [-0.4, -0.2) is 6.61 Å². The topological polar surface area (TPSA) is 42.2 Å². The molecule has 0 bridgehead atoms. The number of hydrogen-bond acceptors (Lipinski definition) is 3. The van der Waals surface area contributed by atoms with Gasteiger partial charge in [-0.1, -0.05) is 0 Å². The van der Waals surface area contributed by atoms with Gasteiger partial charge in [0.25, 0.3) is 0 Å². The average molecular weight is 161 g/mol. The van der Waals surface area contributed by atoms with Crippen LogP contribution in [0.25, 0.3) is 0 Å². The van der Waals surface area contributed by atoms with E-state index in [1.807, 2.05) is 6.08 Å². The largest absolute Gasteiger partial charge is 0.488 e. The number of hydrogen-bond donors (Lipinski definition) is 0. The first-order valence-electron chi connectivity index (χ1n) is 3.68. The Balaban J connectivity index is 2.29. The lowest BCUT2D eigenvalue weighted by Crippen LogP contribution is -2.15. The van der Waals surface area contributed by atoms with E-state index >= 15 is 0 Å². The predicted molar refractivity (Wildman–Crippen MR) is 41.4 cm³/mol. The van der Waals surface area contributed by atoms with Gasteiger partial charge in [0, 0.05) is 0 Å². The quantitative estimate of drug-likeness (QED) is 0.540. The number of nitriles is 1. The normalized spacial score (nSPS) is 25.4. The molecular formula is C9H7NO2. The van der Waals surface area contributed by atoms with Gasteiger partial charge in [-0.3, -0.25) is 0 Å². The van der Waals surface area contributed by atoms with E-state index < -0.39 is 0 Å². The second-order valence-electron chi connectivity index (χ2n) is 2.55. The molecule has 0 aliphatic carbocycles. The van der Waals surface area contributed by atoms with Gasteiger partial charge in [0.05, 0.1) is 12.3 Å². The summed E-state index contributed by atoms with van der Waals surface area (Å²) >= 11 is 0. The molecule has 0 aromatic rings. The fourth-order valence-electron chi connectivity index (χ4n) is 1.11. The van der Waals surface area contributed by atoms with Gasteiger partial charge in [-0.2, -0.15) is 5.26 Å². The summed E-state index contributed by atoms with van der Waals surface area (Å²) in [6.45, 7) is 0.420. The van der Waals surface area contributed by atoms with E-state index in [9.17, 15) is 0 Å². The van der Waals surface area contributed by atoms with E-state index in [4.69, 9.17) is 14.7 Å². The maximum atomic E-state index is 8.61. The Bertz CT molecular complexity index is 320. The SMILES string of the molecule is N#CC1C=C2OC=CC=C2OC1. The summed E-state index contributed by atoms with van der Waals surface area (Å²) in [5.41, 5.74) is 0. The first kappa shape index (κ1) is 6.99. The lowest BCUT2D eigenvalue weighted by atomic mass is 10.1. The maximum absolute atomic E-state index is 8.61. The first-order chi connectivity index (χ1) is 5.90. The van der Waals surface area contributed by atoms with Crippen LogP contribution in [0.15, 0.2) is 36.0 Å². The van der Waals surface area contributed by atoms with E-state index in [-0.39, 0.29) is 5.92 Å². The third-order valence-electron chi connectivity index (χ3n) is 1.70. The molecule has 0 spiro atoms. The smallest absolute Gasteiger partial charge is 0.165 e. The van der Waals surface area contributed by atoms with Crippen molar-refractivity contribution in [3.8, 4) is 6.07 Å². The van der Waals surface area contributed by atoms with Crippen molar-refractivity contribution in [1.29, 1.82) is 5.26 Å². The van der Waals surface area contributed by atoms with Gasteiger partial charge in [-0.25, -0.2) is 0 Å². The molecule has 0 saturated carbocycles. The fraction of sp³-hybridized carbons (Fsp3) is 0.222. The minimum Gasteiger partial charge on any atom is -0.488 e. The van der Waals surface area contributed by atoms with Gasteiger partial charge in [-0.05, 0) is 18.2 Å². The average Bonchev–Trinajstić information content (AvgIpc) is 2.17. The minimum atomic E-state index is -0.191. The molecule has 3 heteroatoms. The van der Waals surface area contributed by atoms with Crippen LogP contribution in [0.3, 0.4) is 0 Å². The summed E-state index contributed by atoms with van der Waals surface area (Å²) in [5, 5.41) is 8.61. The molecule has 0 fully saturated rings. The van der Waals surface area contributed by atoms with Crippen molar-refractivity contribution < 1.29 is 9.47 Å². The van der Waals surface area contributed by atoms with Crippen molar-refractivity contribution in [3.05, 3.63) is 36.0 Å². The van der Waals surface area contributed by atoms with E-state index in [0.717, 1.165) is 0 Å². The Morgan fingerprint density at radius 3 is 3.25 bits per heavy atom. The van der Waals surface area contributed by atoms with Gasteiger partial charge in [-0.15, -0.1) is 0 Å². The van der Waals surface area contributed by atoms with Crippen molar-refractivity contribution in [2.24, 2.45) is 5.92 Å². The molecule has 1 atom stereocenters. The van der Waals surface area contributed by atoms with Crippen LogP contribution < -0.4 is 0 Å². The predicted octanol–water partition coefficient (Wildman–Crippen LogP) is 1.47. The summed E-state index contributed by atoms with van der Waals surface area (Å²) in [6.07, 6.45) is 6.93. The molecule has 2 aliphatic rings. The number of fused-ring (bicyclic) bond motifs is 1. The van der Waals surface area contributed by atoms with Crippen LogP contribution in [0.4, 0.5) is 0 Å². The molecule has 2 heterocycles. The van der Waals surface area contributed by atoms with Gasteiger partial charge < -0.3 is 9.47 Å². The summed E-state index contributed by atoms with van der Waals surface area (Å²) in [7, 11) is 0. The number of nitrogens with zero attached hydrogens (tertiary/aromatic N) is 1. The number of rotatable bonds is 0. The monoisotopic (exact) mass is 161 g/mol. The van der Waals surface area contributed by atoms with E-state index in [1.165, 1.54) is 0 Å². The summed E-state index contributed by atoms with van der Waals surface area (Å²) < 4.78 is 10.4. The minimum absolute atomic E-state index is 0.191. The molecule has 2 rings (SSSR count). The van der Waals surface area contributed by atoms with Crippen molar-refractivity contribution in [2.75, 3.05) is 6.61 Å². The molecule has 0 radical (unpaired) electrons. The van der Waals surface area contributed by atoms with Crippen LogP contribution in [0.1, 0.15) is 0 Å². The molecule has 3 nitrogen and oxygen atoms in total. The molecule has 12 heavy (non-hydrogen) atoms. The molecule has 0 N–H and O–H groups in total. The first-order valence-corrected chi connectivity index (χ1v) is 3.68. The Hall–Kier alpha value is -1.69. The summed E-state index contributed by atoms with van der Waals surface area (Å²) in [5.74, 6) is 1.17. The van der Waals surface area contributed by atoms with Crippen LogP contribution in [-0.2, 0) is 9.47 Å². The Morgan fingerprint density at radius 2 is 2.42 bits per heavy atom. The third-order valence-corrected chi connectivity index (χ3v) is 1.70. The zero-order valence-electron chi connectivity index (χ0n) is 6.36. The summed E-state index contributed by atoms with van der Waals surface area (Å²) in [4.78, 5) is 0. The van der Waals surface area contributed by atoms with Crippen molar-refractivity contribution in [3.63, 3.8) is 0 Å².